The Balaban J connectivity index is 0.000000256. The van der Waals surface area contributed by atoms with E-state index in [4.69, 9.17) is 9.47 Å². The van der Waals surface area contributed by atoms with E-state index in [0.717, 1.165) is 0 Å². The Labute approximate surface area is 281 Å². The molecular weight excluding hydrogens is 682 g/mol. The molecule has 14 heteroatoms. The number of nitrogens with zero attached hydrogens (tertiary/aromatic N) is 4. The van der Waals surface area contributed by atoms with Crippen LogP contribution in [0.2, 0.25) is 0 Å². The normalized spacial score (nSPS) is 15.3. The Hall–Kier alpha value is -4.07. The zero-order valence-corrected chi connectivity index (χ0v) is 29.1. The second-order valence-corrected chi connectivity index (χ2v) is 13.8. The molecule has 0 saturated carbocycles. The summed E-state index contributed by atoms with van der Waals surface area (Å²) < 4.78 is 39.0. The molecule has 2 saturated heterocycles. The zero-order valence-electron chi connectivity index (χ0n) is 27.5. The maximum Gasteiger partial charge on any atom is 0.410 e. The Kier molecular flexibility index (Phi) is 12.5. The predicted octanol–water partition coefficient (Wildman–Crippen LogP) is 5.61. The number of piperazine rings is 2. The topological polar surface area (TPSA) is 117 Å². The first kappa shape index (κ1) is 37.4. The summed E-state index contributed by atoms with van der Waals surface area (Å²) in [5.41, 5.74) is -1.38. The summed E-state index contributed by atoms with van der Waals surface area (Å²) in [4.78, 5) is 65.7. The van der Waals surface area contributed by atoms with E-state index in [9.17, 15) is 32.8 Å². The number of hydrogen-bond donors (Lipinski definition) is 0. The number of carbonyl (C=O) groups is 5. The third kappa shape index (κ3) is 10.5. The molecule has 0 aliphatic carbocycles. The maximum atomic E-state index is 14.1. The van der Waals surface area contributed by atoms with Crippen molar-refractivity contribution >= 4 is 46.2 Å². The number of benzene rings is 2. The van der Waals surface area contributed by atoms with Crippen molar-refractivity contribution in [3.05, 3.63) is 69.2 Å². The molecule has 0 unspecified atom stereocenters. The van der Waals surface area contributed by atoms with E-state index < -0.39 is 40.9 Å². The highest BCUT2D eigenvalue weighted by Gasteiger charge is 2.31. The van der Waals surface area contributed by atoms with Crippen LogP contribution in [0, 0.1) is 11.6 Å². The molecule has 4 rings (SSSR count). The van der Waals surface area contributed by atoms with Crippen LogP contribution in [0.3, 0.4) is 0 Å². The summed E-state index contributed by atoms with van der Waals surface area (Å²) in [5, 5.41) is 0. The monoisotopic (exact) mass is 722 g/mol. The average Bonchev–Trinajstić information content (AvgIpc) is 3.00. The predicted molar refractivity (Wildman–Crippen MR) is 173 cm³/mol. The van der Waals surface area contributed by atoms with Gasteiger partial charge in [-0.1, -0.05) is 12.1 Å². The third-order valence-corrected chi connectivity index (χ3v) is 7.62. The highest BCUT2D eigenvalue weighted by molar-refractivity contribution is 9.10. The van der Waals surface area contributed by atoms with Crippen LogP contribution in [0.25, 0.3) is 0 Å². The van der Waals surface area contributed by atoms with Crippen molar-refractivity contribution < 1.29 is 42.2 Å². The lowest BCUT2D eigenvalue weighted by atomic mass is 10.1. The van der Waals surface area contributed by atoms with Crippen molar-refractivity contribution in [2.75, 3.05) is 52.4 Å². The molecule has 0 spiro atoms. The van der Waals surface area contributed by atoms with Crippen molar-refractivity contribution in [1.29, 1.82) is 0 Å². The molecular formula is C33H41BrF2N4O7. The lowest BCUT2D eigenvalue weighted by Crippen LogP contribution is -2.51. The van der Waals surface area contributed by atoms with Gasteiger partial charge in [-0.15, -0.1) is 0 Å². The molecule has 2 heterocycles. The van der Waals surface area contributed by atoms with Crippen molar-refractivity contribution in [2.24, 2.45) is 0 Å². The molecule has 4 amide bonds. The zero-order chi connectivity index (χ0) is 35.1. The van der Waals surface area contributed by atoms with Gasteiger partial charge < -0.3 is 29.1 Å². The van der Waals surface area contributed by atoms with Gasteiger partial charge in [0, 0.05) is 52.4 Å². The Morgan fingerprint density at radius 1 is 0.638 bits per heavy atom. The van der Waals surface area contributed by atoms with Crippen molar-refractivity contribution in [2.45, 2.75) is 52.7 Å². The van der Waals surface area contributed by atoms with E-state index in [0.29, 0.717) is 45.6 Å². The van der Waals surface area contributed by atoms with E-state index in [-0.39, 0.29) is 40.2 Å². The molecule has 11 nitrogen and oxygen atoms in total. The number of hydrogen-bond acceptors (Lipinski definition) is 7. The molecule has 2 aliphatic rings. The number of halogens is 3. The van der Waals surface area contributed by atoms with Gasteiger partial charge in [-0.3, -0.25) is 14.4 Å². The van der Waals surface area contributed by atoms with Crippen molar-refractivity contribution in [3.63, 3.8) is 0 Å². The smallest absolute Gasteiger partial charge is 0.410 e. The van der Waals surface area contributed by atoms with Crippen LogP contribution in [-0.4, -0.2) is 113 Å². The van der Waals surface area contributed by atoms with Gasteiger partial charge in [0.15, 0.2) is 6.29 Å². The molecule has 47 heavy (non-hydrogen) atoms. The van der Waals surface area contributed by atoms with E-state index in [1.807, 2.05) is 0 Å². The summed E-state index contributed by atoms with van der Waals surface area (Å²) in [7, 11) is 0. The summed E-state index contributed by atoms with van der Waals surface area (Å²) in [6, 6.07) is 8.77. The highest BCUT2D eigenvalue weighted by Crippen LogP contribution is 2.21. The summed E-state index contributed by atoms with van der Waals surface area (Å²) >= 11 is 3.08. The molecule has 0 radical (unpaired) electrons. The molecule has 0 atom stereocenters. The van der Waals surface area contributed by atoms with Crippen LogP contribution in [0.5, 0.6) is 0 Å². The van der Waals surface area contributed by atoms with Crippen LogP contribution in [0.4, 0.5) is 18.4 Å². The molecule has 2 aromatic rings. The van der Waals surface area contributed by atoms with E-state index in [1.54, 1.807) is 63.5 Å². The van der Waals surface area contributed by atoms with Gasteiger partial charge in [0.05, 0.1) is 21.2 Å². The minimum Gasteiger partial charge on any atom is -0.444 e. The van der Waals surface area contributed by atoms with E-state index in [1.165, 1.54) is 34.1 Å². The standard InChI is InChI=1S/C17H21FN2O4.C16H20BrFN2O3/c1-17(2,3)24-16(23)20-9-7-19(8-10-20)15(22)13-6-4-5-12(11-21)14(13)18;1-16(2,3)23-15(22)20-9-7-19(8-10-20)14(21)11-5-4-6-12(17)13(11)18/h4-6,11H,7-10H2,1-3H3;4-6H,7-10H2,1-3H3. The fourth-order valence-electron chi connectivity index (χ4n) is 4.65. The molecule has 2 aliphatic heterocycles. The summed E-state index contributed by atoms with van der Waals surface area (Å²) in [6.07, 6.45) is -0.436. The Morgan fingerprint density at radius 2 is 1.00 bits per heavy atom. The summed E-state index contributed by atoms with van der Waals surface area (Å²) in [5.74, 6) is -2.23. The minimum atomic E-state index is -0.813. The third-order valence-electron chi connectivity index (χ3n) is 7.01. The second kappa shape index (κ2) is 15.7. The average molecular weight is 724 g/mol. The number of ether oxygens (including phenoxy) is 2. The van der Waals surface area contributed by atoms with Crippen molar-refractivity contribution in [1.82, 2.24) is 19.6 Å². The minimum absolute atomic E-state index is 0.0325. The van der Waals surface area contributed by atoms with Gasteiger partial charge >= 0.3 is 12.2 Å². The second-order valence-electron chi connectivity index (χ2n) is 12.9. The number of carbonyl (C=O) groups excluding carboxylic acids is 5. The number of rotatable bonds is 3. The first-order valence-corrected chi connectivity index (χ1v) is 15.9. The fraction of sp³-hybridized carbons (Fsp3) is 0.485. The van der Waals surface area contributed by atoms with Gasteiger partial charge in [-0.25, -0.2) is 18.4 Å². The highest BCUT2D eigenvalue weighted by atomic mass is 79.9. The van der Waals surface area contributed by atoms with Crippen LogP contribution in [0.15, 0.2) is 40.9 Å². The van der Waals surface area contributed by atoms with Gasteiger partial charge in [0.25, 0.3) is 11.8 Å². The lowest BCUT2D eigenvalue weighted by molar-refractivity contribution is 0.0135. The van der Waals surface area contributed by atoms with Gasteiger partial charge in [-0.05, 0) is 81.7 Å². The molecule has 2 aromatic carbocycles. The van der Waals surface area contributed by atoms with Gasteiger partial charge in [-0.2, -0.15) is 0 Å². The van der Waals surface area contributed by atoms with E-state index in [2.05, 4.69) is 15.9 Å². The van der Waals surface area contributed by atoms with Crippen LogP contribution < -0.4 is 0 Å². The Bertz CT molecular complexity index is 1480. The van der Waals surface area contributed by atoms with Crippen LogP contribution in [-0.2, 0) is 9.47 Å². The van der Waals surface area contributed by atoms with Gasteiger partial charge in [0.1, 0.15) is 22.8 Å². The lowest BCUT2D eigenvalue weighted by Gasteiger charge is -2.35. The van der Waals surface area contributed by atoms with E-state index >= 15 is 0 Å². The number of aldehydes is 1. The quantitative estimate of drug-likeness (QED) is 0.378. The molecule has 0 bridgehead atoms. The number of amides is 4. The largest absolute Gasteiger partial charge is 0.444 e. The van der Waals surface area contributed by atoms with Crippen LogP contribution >= 0.6 is 15.9 Å². The van der Waals surface area contributed by atoms with Crippen LogP contribution in [0.1, 0.15) is 72.6 Å². The SMILES string of the molecule is CC(C)(C)OC(=O)N1CCN(C(=O)c2cccc(Br)c2F)CC1.CC(C)(C)OC(=O)N1CCN(C(=O)c2cccc(C=O)c2F)CC1. The molecule has 2 fully saturated rings. The molecule has 0 aromatic heterocycles. The fourth-order valence-corrected chi connectivity index (χ4v) is 5.02. The first-order valence-electron chi connectivity index (χ1n) is 15.1. The molecule has 0 N–H and O–H groups in total. The molecule has 256 valence electrons. The van der Waals surface area contributed by atoms with Gasteiger partial charge in [0.2, 0.25) is 0 Å². The maximum absolute atomic E-state index is 14.1. The summed E-state index contributed by atoms with van der Waals surface area (Å²) in [6.45, 7) is 13.4. The van der Waals surface area contributed by atoms with Crippen molar-refractivity contribution in [3.8, 4) is 0 Å². The Morgan fingerprint density at radius 3 is 1.38 bits per heavy atom. The first-order chi connectivity index (χ1) is 21.9.